The lowest BCUT2D eigenvalue weighted by Crippen LogP contribution is -2.39. The molecule has 1 aromatic heterocycles. The van der Waals surface area contributed by atoms with Gasteiger partial charge in [0.25, 0.3) is 0 Å². The fraction of sp³-hybridized carbons (Fsp3) is 0.389. The standard InChI is InChI=1S/C18H21N3O3/c22-17(10-13-21-16(18(23)24)9-11-19-21)20-12-5-4-8-15(20)14-6-2-1-3-7-14/h1-3,6-7,9,11,15H,4-5,8,10,12-13H2,(H,23,24). The van der Waals surface area contributed by atoms with Crippen molar-refractivity contribution in [2.75, 3.05) is 6.54 Å². The van der Waals surface area contributed by atoms with Crippen molar-refractivity contribution in [2.45, 2.75) is 38.3 Å². The largest absolute Gasteiger partial charge is 0.477 e. The van der Waals surface area contributed by atoms with Crippen molar-refractivity contribution < 1.29 is 14.7 Å². The van der Waals surface area contributed by atoms with Crippen LogP contribution in [0.15, 0.2) is 42.6 Å². The van der Waals surface area contributed by atoms with Gasteiger partial charge in [-0.15, -0.1) is 0 Å². The Balaban J connectivity index is 1.68. The molecule has 0 radical (unpaired) electrons. The number of benzene rings is 1. The molecule has 6 heteroatoms. The van der Waals surface area contributed by atoms with Crippen LogP contribution in [0.5, 0.6) is 0 Å². The molecule has 0 saturated carbocycles. The molecule has 1 unspecified atom stereocenters. The van der Waals surface area contributed by atoms with Crippen molar-refractivity contribution in [1.82, 2.24) is 14.7 Å². The molecular formula is C18H21N3O3. The first-order valence-electron chi connectivity index (χ1n) is 8.26. The Morgan fingerprint density at radius 2 is 1.96 bits per heavy atom. The first kappa shape index (κ1) is 16.2. The molecule has 3 rings (SSSR count). The van der Waals surface area contributed by atoms with Crippen LogP contribution in [0.1, 0.15) is 47.8 Å². The third-order valence-corrected chi connectivity index (χ3v) is 4.48. The molecule has 1 aromatic carbocycles. The van der Waals surface area contributed by atoms with Crippen molar-refractivity contribution in [3.8, 4) is 0 Å². The van der Waals surface area contributed by atoms with Gasteiger partial charge in [0.1, 0.15) is 5.69 Å². The lowest BCUT2D eigenvalue weighted by atomic mass is 9.95. The summed E-state index contributed by atoms with van der Waals surface area (Å²) in [6.07, 6.45) is 4.80. The van der Waals surface area contributed by atoms with Crippen molar-refractivity contribution >= 4 is 11.9 Å². The van der Waals surface area contributed by atoms with Gasteiger partial charge in [0.05, 0.1) is 12.6 Å². The first-order valence-corrected chi connectivity index (χ1v) is 8.26. The van der Waals surface area contributed by atoms with Crippen molar-refractivity contribution in [3.63, 3.8) is 0 Å². The van der Waals surface area contributed by atoms with Gasteiger partial charge in [0, 0.05) is 19.2 Å². The molecule has 126 valence electrons. The van der Waals surface area contributed by atoms with E-state index in [1.807, 2.05) is 23.1 Å². The van der Waals surface area contributed by atoms with E-state index >= 15 is 0 Å². The molecule has 0 bridgehead atoms. The number of rotatable bonds is 5. The highest BCUT2D eigenvalue weighted by atomic mass is 16.4. The van der Waals surface area contributed by atoms with Crippen LogP contribution in [-0.2, 0) is 11.3 Å². The molecule has 1 atom stereocenters. The van der Waals surface area contributed by atoms with Crippen LogP contribution in [-0.4, -0.2) is 38.2 Å². The van der Waals surface area contributed by atoms with Gasteiger partial charge in [-0.1, -0.05) is 30.3 Å². The van der Waals surface area contributed by atoms with Gasteiger partial charge in [-0.3, -0.25) is 9.48 Å². The quantitative estimate of drug-likeness (QED) is 0.916. The average Bonchev–Trinajstić information content (AvgIpc) is 3.09. The smallest absolute Gasteiger partial charge is 0.354 e. The fourth-order valence-corrected chi connectivity index (χ4v) is 3.29. The Hall–Kier alpha value is -2.63. The van der Waals surface area contributed by atoms with Crippen molar-refractivity contribution in [1.29, 1.82) is 0 Å². The second kappa shape index (κ2) is 7.29. The third-order valence-electron chi connectivity index (χ3n) is 4.48. The van der Waals surface area contributed by atoms with Crippen LogP contribution in [0, 0.1) is 0 Å². The highest BCUT2D eigenvalue weighted by Crippen LogP contribution is 2.31. The summed E-state index contributed by atoms with van der Waals surface area (Å²) < 4.78 is 1.38. The zero-order valence-electron chi connectivity index (χ0n) is 13.5. The summed E-state index contributed by atoms with van der Waals surface area (Å²) in [5.41, 5.74) is 1.27. The minimum Gasteiger partial charge on any atom is -0.477 e. The zero-order chi connectivity index (χ0) is 16.9. The number of carboxylic acid groups (broad SMARTS) is 1. The number of hydrogen-bond donors (Lipinski definition) is 1. The number of aromatic carboxylic acids is 1. The van der Waals surface area contributed by atoms with E-state index in [9.17, 15) is 9.59 Å². The molecule has 1 aliphatic heterocycles. The average molecular weight is 327 g/mol. The summed E-state index contributed by atoms with van der Waals surface area (Å²) >= 11 is 0. The Morgan fingerprint density at radius 1 is 1.17 bits per heavy atom. The minimum atomic E-state index is -1.03. The second-order valence-electron chi connectivity index (χ2n) is 6.00. The van der Waals surface area contributed by atoms with Crippen LogP contribution >= 0.6 is 0 Å². The number of hydrogen-bond acceptors (Lipinski definition) is 3. The van der Waals surface area contributed by atoms with E-state index in [-0.39, 0.29) is 30.6 Å². The monoisotopic (exact) mass is 327 g/mol. The van der Waals surface area contributed by atoms with Gasteiger partial charge >= 0.3 is 5.97 Å². The van der Waals surface area contributed by atoms with Gasteiger partial charge in [0.15, 0.2) is 0 Å². The predicted octanol–water partition coefficient (Wildman–Crippen LogP) is 2.73. The number of aryl methyl sites for hydroxylation is 1. The predicted molar refractivity (Wildman–Crippen MR) is 88.6 cm³/mol. The maximum absolute atomic E-state index is 12.7. The van der Waals surface area contributed by atoms with Crippen LogP contribution in [0.4, 0.5) is 0 Å². The third kappa shape index (κ3) is 3.48. The summed E-state index contributed by atoms with van der Waals surface area (Å²) in [4.78, 5) is 25.7. The van der Waals surface area contributed by atoms with Crippen LogP contribution in [0.3, 0.4) is 0 Å². The number of carboxylic acids is 1. The fourth-order valence-electron chi connectivity index (χ4n) is 3.29. The van der Waals surface area contributed by atoms with Gasteiger partial charge in [-0.25, -0.2) is 4.79 Å². The van der Waals surface area contributed by atoms with Crippen LogP contribution in [0.2, 0.25) is 0 Å². The molecule has 2 heterocycles. The molecule has 0 aliphatic carbocycles. The number of carbonyl (C=O) groups excluding carboxylic acids is 1. The summed E-state index contributed by atoms with van der Waals surface area (Å²) in [5.74, 6) is -0.976. The number of amides is 1. The molecule has 1 amide bonds. The Bertz CT molecular complexity index is 711. The zero-order valence-corrected chi connectivity index (χ0v) is 13.5. The van der Waals surface area contributed by atoms with Crippen LogP contribution in [0.25, 0.3) is 0 Å². The Labute approximate surface area is 140 Å². The lowest BCUT2D eigenvalue weighted by Gasteiger charge is -2.36. The SMILES string of the molecule is O=C(O)c1ccnn1CCC(=O)N1CCCCC1c1ccccc1. The van der Waals surface area contributed by atoms with E-state index < -0.39 is 5.97 Å². The molecule has 6 nitrogen and oxygen atoms in total. The normalized spacial score (nSPS) is 17.7. The summed E-state index contributed by atoms with van der Waals surface area (Å²) in [6.45, 7) is 1.04. The number of likely N-dealkylation sites (tertiary alicyclic amines) is 1. The number of piperidine rings is 1. The van der Waals surface area contributed by atoms with Gasteiger partial charge in [0.2, 0.25) is 5.91 Å². The van der Waals surface area contributed by atoms with Crippen LogP contribution < -0.4 is 0 Å². The molecule has 1 fully saturated rings. The number of carbonyl (C=O) groups is 2. The molecule has 24 heavy (non-hydrogen) atoms. The van der Waals surface area contributed by atoms with E-state index in [1.54, 1.807) is 0 Å². The molecule has 1 N–H and O–H groups in total. The van der Waals surface area contributed by atoms with E-state index in [4.69, 9.17) is 5.11 Å². The maximum atomic E-state index is 12.7. The maximum Gasteiger partial charge on any atom is 0.354 e. The summed E-state index contributed by atoms with van der Waals surface area (Å²) in [7, 11) is 0. The lowest BCUT2D eigenvalue weighted by molar-refractivity contribution is -0.135. The molecule has 0 spiro atoms. The van der Waals surface area contributed by atoms with Crippen molar-refractivity contribution in [2.24, 2.45) is 0 Å². The van der Waals surface area contributed by atoms with Crippen molar-refractivity contribution in [3.05, 3.63) is 53.9 Å². The van der Waals surface area contributed by atoms with E-state index in [2.05, 4.69) is 17.2 Å². The van der Waals surface area contributed by atoms with E-state index in [1.165, 1.54) is 16.9 Å². The Morgan fingerprint density at radius 3 is 2.71 bits per heavy atom. The minimum absolute atomic E-state index is 0.0513. The molecular weight excluding hydrogens is 306 g/mol. The summed E-state index contributed by atoms with van der Waals surface area (Å²) in [5, 5.41) is 13.1. The molecule has 1 aliphatic rings. The van der Waals surface area contributed by atoms with E-state index in [0.717, 1.165) is 31.4 Å². The number of nitrogens with zero attached hydrogens (tertiary/aromatic N) is 3. The van der Waals surface area contributed by atoms with Gasteiger partial charge in [-0.2, -0.15) is 5.10 Å². The second-order valence-corrected chi connectivity index (χ2v) is 6.00. The topological polar surface area (TPSA) is 75.4 Å². The molecule has 1 saturated heterocycles. The van der Waals surface area contributed by atoms with E-state index in [0.29, 0.717) is 0 Å². The highest BCUT2D eigenvalue weighted by molar-refractivity contribution is 5.85. The van der Waals surface area contributed by atoms with Gasteiger partial charge < -0.3 is 10.0 Å². The highest BCUT2D eigenvalue weighted by Gasteiger charge is 2.27. The molecule has 2 aromatic rings. The first-order chi connectivity index (χ1) is 11.7. The Kier molecular flexibility index (Phi) is 4.93. The summed E-state index contributed by atoms with van der Waals surface area (Å²) in [6, 6.07) is 11.7. The number of aromatic nitrogens is 2. The van der Waals surface area contributed by atoms with Gasteiger partial charge in [-0.05, 0) is 30.9 Å².